The summed E-state index contributed by atoms with van der Waals surface area (Å²) in [5.41, 5.74) is 0. The predicted molar refractivity (Wildman–Crippen MR) is 85.0 cm³/mol. The fraction of sp³-hybridized carbons (Fsp3) is 0.714. The van der Waals surface area contributed by atoms with E-state index in [1.54, 1.807) is 0 Å². The molecule has 2 saturated carbocycles. The van der Waals surface area contributed by atoms with Crippen LogP contribution in [-0.2, 0) is 6.54 Å². The van der Waals surface area contributed by atoms with E-state index in [1.165, 1.54) is 38.8 Å². The Morgan fingerprint density at radius 1 is 1.39 bits per heavy atom. The molecular weight excluding hydrogens is 374 g/mol. The first-order chi connectivity index (χ1) is 8.63. The maximum Gasteiger partial charge on any atom is 0.0843 e. The average Bonchev–Trinajstić information content (AvgIpc) is 3.03. The van der Waals surface area contributed by atoms with Crippen molar-refractivity contribution >= 4 is 43.2 Å². The zero-order valence-corrected chi connectivity index (χ0v) is 14.6. The van der Waals surface area contributed by atoms with Gasteiger partial charge in [-0.2, -0.15) is 0 Å². The van der Waals surface area contributed by atoms with Crippen LogP contribution >= 0.6 is 43.2 Å². The van der Waals surface area contributed by atoms with E-state index in [9.17, 15) is 0 Å². The lowest BCUT2D eigenvalue weighted by molar-refractivity contribution is 0.260. The number of rotatable bonds is 4. The number of fused-ring (bicyclic) bond motifs is 2. The van der Waals surface area contributed by atoms with Crippen LogP contribution < -0.4 is 5.32 Å². The Balaban J connectivity index is 1.54. The molecule has 18 heavy (non-hydrogen) atoms. The van der Waals surface area contributed by atoms with Gasteiger partial charge in [0.05, 0.1) is 3.79 Å². The van der Waals surface area contributed by atoms with E-state index in [0.717, 1.165) is 24.3 Å². The van der Waals surface area contributed by atoms with E-state index in [0.29, 0.717) is 6.04 Å². The van der Waals surface area contributed by atoms with Gasteiger partial charge in [-0.05, 0) is 81.9 Å². The van der Waals surface area contributed by atoms with Crippen LogP contribution in [0, 0.1) is 17.8 Å². The van der Waals surface area contributed by atoms with Gasteiger partial charge in [0.1, 0.15) is 0 Å². The Hall–Kier alpha value is 0.620. The van der Waals surface area contributed by atoms with Crippen molar-refractivity contribution in [1.82, 2.24) is 5.32 Å². The van der Waals surface area contributed by atoms with Crippen molar-refractivity contribution in [2.24, 2.45) is 17.8 Å². The van der Waals surface area contributed by atoms with Crippen molar-refractivity contribution in [2.75, 3.05) is 0 Å². The lowest BCUT2D eigenvalue weighted by Gasteiger charge is -2.28. The molecule has 4 heteroatoms. The average molecular weight is 393 g/mol. The lowest BCUT2D eigenvalue weighted by atomic mass is 9.84. The number of nitrogens with one attached hydrogen (secondary N) is 1. The molecule has 0 aromatic carbocycles. The highest BCUT2D eigenvalue weighted by atomic mass is 79.9. The summed E-state index contributed by atoms with van der Waals surface area (Å²) in [5.74, 6) is 2.99. The Morgan fingerprint density at radius 3 is 2.78 bits per heavy atom. The number of hydrogen-bond donors (Lipinski definition) is 1. The van der Waals surface area contributed by atoms with E-state index in [4.69, 9.17) is 0 Å². The fourth-order valence-electron chi connectivity index (χ4n) is 3.80. The van der Waals surface area contributed by atoms with Gasteiger partial charge in [-0.25, -0.2) is 0 Å². The number of halogens is 2. The Kier molecular flexibility index (Phi) is 4.19. The number of hydrogen-bond acceptors (Lipinski definition) is 2. The van der Waals surface area contributed by atoms with Crippen LogP contribution in [0.3, 0.4) is 0 Å². The molecule has 2 aliphatic rings. The fourth-order valence-corrected chi connectivity index (χ4v) is 5.93. The predicted octanol–water partition coefficient (Wildman–Crippen LogP) is 5.19. The molecule has 1 N–H and O–H groups in total. The third-order valence-electron chi connectivity index (χ3n) is 4.73. The van der Waals surface area contributed by atoms with E-state index in [2.05, 4.69) is 50.2 Å². The summed E-state index contributed by atoms with van der Waals surface area (Å²) < 4.78 is 2.38. The summed E-state index contributed by atoms with van der Waals surface area (Å²) in [5, 5.41) is 3.74. The van der Waals surface area contributed by atoms with Crippen molar-refractivity contribution in [2.45, 2.75) is 45.2 Å². The minimum Gasteiger partial charge on any atom is -0.309 e. The van der Waals surface area contributed by atoms with Gasteiger partial charge in [0, 0.05) is 21.9 Å². The summed E-state index contributed by atoms with van der Waals surface area (Å²) in [6.45, 7) is 3.38. The second-order valence-electron chi connectivity index (χ2n) is 5.84. The Bertz CT molecular complexity index is 412. The van der Waals surface area contributed by atoms with E-state index in [-0.39, 0.29) is 0 Å². The summed E-state index contributed by atoms with van der Waals surface area (Å²) in [6.07, 6.45) is 5.96. The van der Waals surface area contributed by atoms with Crippen molar-refractivity contribution in [1.29, 1.82) is 0 Å². The largest absolute Gasteiger partial charge is 0.309 e. The van der Waals surface area contributed by atoms with Crippen molar-refractivity contribution in [3.63, 3.8) is 0 Å². The summed E-state index contributed by atoms with van der Waals surface area (Å²) in [4.78, 5) is 1.41. The summed E-state index contributed by atoms with van der Waals surface area (Å²) in [6, 6.07) is 2.88. The molecule has 0 amide bonds. The third-order valence-corrected chi connectivity index (χ3v) is 7.99. The van der Waals surface area contributed by atoms with Crippen molar-refractivity contribution < 1.29 is 0 Å². The van der Waals surface area contributed by atoms with Crippen LogP contribution in [0.2, 0.25) is 0 Å². The molecule has 2 fully saturated rings. The minimum absolute atomic E-state index is 0.667. The van der Waals surface area contributed by atoms with Crippen LogP contribution in [-0.4, -0.2) is 6.04 Å². The van der Waals surface area contributed by atoms with Gasteiger partial charge in [0.2, 0.25) is 0 Å². The van der Waals surface area contributed by atoms with Crippen LogP contribution in [0.15, 0.2) is 14.3 Å². The molecule has 1 heterocycles. The first kappa shape index (κ1) is 13.6. The first-order valence-electron chi connectivity index (χ1n) is 6.80. The highest BCUT2D eigenvalue weighted by molar-refractivity contribution is 9.13. The van der Waals surface area contributed by atoms with Crippen LogP contribution in [0.25, 0.3) is 0 Å². The van der Waals surface area contributed by atoms with E-state index >= 15 is 0 Å². The maximum atomic E-state index is 3.74. The third kappa shape index (κ3) is 2.72. The molecule has 2 aliphatic carbocycles. The normalized spacial score (nSPS) is 32.1. The van der Waals surface area contributed by atoms with Gasteiger partial charge < -0.3 is 5.32 Å². The molecule has 3 rings (SSSR count). The molecule has 2 bridgehead atoms. The monoisotopic (exact) mass is 391 g/mol. The lowest BCUT2D eigenvalue weighted by Crippen LogP contribution is -2.35. The molecule has 0 spiro atoms. The first-order valence-corrected chi connectivity index (χ1v) is 9.21. The van der Waals surface area contributed by atoms with Crippen LogP contribution in [0.1, 0.15) is 37.5 Å². The van der Waals surface area contributed by atoms with Gasteiger partial charge in [-0.15, -0.1) is 11.3 Å². The summed E-state index contributed by atoms with van der Waals surface area (Å²) in [7, 11) is 0. The van der Waals surface area contributed by atoms with Crippen LogP contribution in [0.4, 0.5) is 0 Å². The highest BCUT2D eigenvalue weighted by Gasteiger charge is 2.41. The molecule has 4 atom stereocenters. The molecule has 100 valence electrons. The summed E-state index contributed by atoms with van der Waals surface area (Å²) >= 11 is 8.93. The van der Waals surface area contributed by atoms with Gasteiger partial charge >= 0.3 is 0 Å². The van der Waals surface area contributed by atoms with Gasteiger partial charge in [-0.3, -0.25) is 0 Å². The Labute approximate surface area is 130 Å². The van der Waals surface area contributed by atoms with Crippen molar-refractivity contribution in [3.8, 4) is 0 Å². The topological polar surface area (TPSA) is 12.0 Å². The maximum absolute atomic E-state index is 3.74. The van der Waals surface area contributed by atoms with Gasteiger partial charge in [0.15, 0.2) is 0 Å². The SMILES string of the molecule is CC(NCc1cc(Br)c(Br)s1)C1CC2CCC1C2. The zero-order valence-electron chi connectivity index (χ0n) is 10.6. The second-order valence-corrected chi connectivity index (χ2v) is 9.15. The molecule has 1 aromatic rings. The second kappa shape index (κ2) is 5.55. The van der Waals surface area contributed by atoms with E-state index < -0.39 is 0 Å². The van der Waals surface area contributed by atoms with Gasteiger partial charge in [-0.1, -0.05) is 6.42 Å². The van der Waals surface area contributed by atoms with Gasteiger partial charge in [0.25, 0.3) is 0 Å². The Morgan fingerprint density at radius 2 is 2.22 bits per heavy atom. The minimum atomic E-state index is 0.667. The quantitative estimate of drug-likeness (QED) is 0.743. The molecule has 1 aromatic heterocycles. The molecule has 4 unspecified atom stereocenters. The molecule has 0 radical (unpaired) electrons. The molecule has 0 saturated heterocycles. The van der Waals surface area contributed by atoms with E-state index in [1.807, 2.05) is 11.3 Å². The standard InChI is InChI=1S/C14H19Br2NS/c1-8(12-5-9-2-3-10(12)4-9)17-7-11-6-13(15)14(16)18-11/h6,8-10,12,17H,2-5,7H2,1H3. The molecule has 0 aliphatic heterocycles. The van der Waals surface area contributed by atoms with Crippen LogP contribution in [0.5, 0.6) is 0 Å². The number of thiophene rings is 1. The molecular formula is C14H19Br2NS. The smallest absolute Gasteiger partial charge is 0.0843 e. The van der Waals surface area contributed by atoms with Crippen molar-refractivity contribution in [3.05, 3.63) is 19.2 Å². The molecule has 1 nitrogen and oxygen atoms in total. The highest BCUT2D eigenvalue weighted by Crippen LogP contribution is 2.49. The zero-order chi connectivity index (χ0) is 12.7.